The van der Waals surface area contributed by atoms with Gasteiger partial charge in [0, 0.05) is 18.5 Å². The molecule has 0 atom stereocenters. The Morgan fingerprint density at radius 1 is 1.09 bits per heavy atom. The number of fused-ring (bicyclic) bond motifs is 3. The van der Waals surface area contributed by atoms with Crippen LogP contribution in [0.5, 0.6) is 0 Å². The molecule has 4 rings (SSSR count). The smallest absolute Gasteiger partial charge is 0.414 e. The number of rotatable bonds is 8. The largest absolute Gasteiger partial charge is 0.480 e. The van der Waals surface area contributed by atoms with Gasteiger partial charge in [-0.15, -0.1) is 0 Å². The molecule has 1 aliphatic carbocycles. The first-order chi connectivity index (χ1) is 16.3. The van der Waals surface area contributed by atoms with Gasteiger partial charge in [0.1, 0.15) is 13.2 Å². The summed E-state index contributed by atoms with van der Waals surface area (Å²) >= 11 is 0. The van der Waals surface area contributed by atoms with E-state index in [1.165, 1.54) is 11.0 Å². The van der Waals surface area contributed by atoms with Crippen molar-refractivity contribution in [2.75, 3.05) is 25.0 Å². The Balaban J connectivity index is 1.39. The van der Waals surface area contributed by atoms with Gasteiger partial charge in [0.15, 0.2) is 5.69 Å². The van der Waals surface area contributed by atoms with Crippen LogP contribution < -0.4 is 5.32 Å². The maximum Gasteiger partial charge on any atom is 0.414 e. The van der Waals surface area contributed by atoms with Gasteiger partial charge >= 0.3 is 12.1 Å². The van der Waals surface area contributed by atoms with E-state index in [0.29, 0.717) is 0 Å². The normalized spacial score (nSPS) is 12.2. The highest BCUT2D eigenvalue weighted by atomic mass is 16.6. The molecule has 0 bridgehead atoms. The van der Waals surface area contributed by atoms with Crippen LogP contribution in [0.2, 0.25) is 0 Å². The monoisotopic (exact) mass is 463 g/mol. The summed E-state index contributed by atoms with van der Waals surface area (Å²) in [7, 11) is 0. The van der Waals surface area contributed by atoms with Crippen LogP contribution in [0.4, 0.5) is 10.7 Å². The van der Waals surface area contributed by atoms with E-state index in [9.17, 15) is 14.4 Å². The van der Waals surface area contributed by atoms with E-state index in [1.807, 2.05) is 62.4 Å². The lowest BCUT2D eigenvalue weighted by atomic mass is 9.98. The molecule has 0 saturated carbocycles. The number of hydrogen-bond donors (Lipinski definition) is 2. The maximum absolute atomic E-state index is 12.6. The average molecular weight is 463 g/mol. The summed E-state index contributed by atoms with van der Waals surface area (Å²) in [5, 5.41) is 15.2. The topological polar surface area (TPSA) is 122 Å². The first-order valence-electron chi connectivity index (χ1n) is 10.9. The van der Waals surface area contributed by atoms with Crippen molar-refractivity contribution in [3.8, 4) is 11.1 Å². The molecule has 2 aromatic carbocycles. The second kappa shape index (κ2) is 9.78. The fourth-order valence-electron chi connectivity index (χ4n) is 4.16. The zero-order valence-electron chi connectivity index (χ0n) is 18.9. The molecule has 0 fully saturated rings. The molecule has 2 N–H and O–H groups in total. The Labute approximate surface area is 196 Å². The van der Waals surface area contributed by atoms with Gasteiger partial charge in [-0.25, -0.2) is 4.79 Å². The molecule has 0 aliphatic heterocycles. The maximum atomic E-state index is 12.6. The summed E-state index contributed by atoms with van der Waals surface area (Å²) in [4.78, 5) is 37.3. The Kier molecular flexibility index (Phi) is 6.62. The van der Waals surface area contributed by atoms with Gasteiger partial charge in [-0.2, -0.15) is 0 Å². The van der Waals surface area contributed by atoms with Crippen molar-refractivity contribution in [2.24, 2.45) is 5.92 Å². The SMILES string of the molecule is CC(C)CN(CC(=O)O)C(=O)c1cc(NC(=O)OCC2c3ccccc3-c3ccccc32)on1. The molecule has 9 heteroatoms. The molecule has 1 aromatic heterocycles. The summed E-state index contributed by atoms with van der Waals surface area (Å²) in [6, 6.07) is 17.3. The van der Waals surface area contributed by atoms with Gasteiger partial charge in [0.05, 0.1) is 0 Å². The average Bonchev–Trinajstić information content (AvgIpc) is 3.39. The molecule has 3 aromatic rings. The van der Waals surface area contributed by atoms with Gasteiger partial charge < -0.3 is 19.3 Å². The molecular weight excluding hydrogens is 438 g/mol. The number of benzene rings is 2. The van der Waals surface area contributed by atoms with Crippen molar-refractivity contribution in [1.29, 1.82) is 0 Å². The molecule has 1 heterocycles. The number of hydrogen-bond acceptors (Lipinski definition) is 6. The highest BCUT2D eigenvalue weighted by Crippen LogP contribution is 2.44. The van der Waals surface area contributed by atoms with Crippen LogP contribution in [-0.2, 0) is 9.53 Å². The number of nitrogens with one attached hydrogen (secondary N) is 1. The predicted octanol–water partition coefficient (Wildman–Crippen LogP) is 4.22. The second-order valence-electron chi connectivity index (χ2n) is 8.50. The van der Waals surface area contributed by atoms with Crippen LogP contribution in [0.25, 0.3) is 11.1 Å². The third-order valence-corrected chi connectivity index (χ3v) is 5.50. The van der Waals surface area contributed by atoms with Crippen LogP contribution in [0, 0.1) is 5.92 Å². The van der Waals surface area contributed by atoms with Gasteiger partial charge in [0.2, 0.25) is 5.88 Å². The molecule has 34 heavy (non-hydrogen) atoms. The molecule has 0 spiro atoms. The van der Waals surface area contributed by atoms with E-state index < -0.39 is 24.5 Å². The third kappa shape index (κ3) is 4.93. The van der Waals surface area contributed by atoms with E-state index in [-0.39, 0.29) is 36.6 Å². The fourth-order valence-corrected chi connectivity index (χ4v) is 4.16. The Morgan fingerprint density at radius 3 is 2.29 bits per heavy atom. The molecule has 0 unspecified atom stereocenters. The number of aliphatic carboxylic acids is 1. The lowest BCUT2D eigenvalue weighted by Crippen LogP contribution is -2.38. The van der Waals surface area contributed by atoms with Crippen molar-refractivity contribution >= 4 is 23.9 Å². The standard InChI is InChI=1S/C25H25N3O6/c1-15(2)12-28(13-23(29)30)24(31)21-11-22(34-27-21)26-25(32)33-14-20-18-9-5-3-7-16(18)17-8-4-6-10-19(17)20/h3-11,15,20H,12-14H2,1-2H3,(H,26,32)(H,29,30). The molecule has 0 radical (unpaired) electrons. The number of carbonyl (C=O) groups excluding carboxylic acids is 2. The first-order valence-corrected chi connectivity index (χ1v) is 10.9. The van der Waals surface area contributed by atoms with Crippen LogP contribution >= 0.6 is 0 Å². The van der Waals surface area contributed by atoms with Crippen molar-refractivity contribution < 1.29 is 28.8 Å². The minimum atomic E-state index is -1.13. The third-order valence-electron chi connectivity index (χ3n) is 5.50. The van der Waals surface area contributed by atoms with E-state index in [2.05, 4.69) is 10.5 Å². The summed E-state index contributed by atoms with van der Waals surface area (Å²) < 4.78 is 10.5. The molecule has 9 nitrogen and oxygen atoms in total. The summed E-state index contributed by atoms with van der Waals surface area (Å²) in [5.41, 5.74) is 4.33. The number of carboxylic acid groups (broad SMARTS) is 1. The fraction of sp³-hybridized carbons (Fsp3) is 0.280. The van der Waals surface area contributed by atoms with Crippen LogP contribution in [0.15, 0.2) is 59.1 Å². The van der Waals surface area contributed by atoms with Crippen LogP contribution in [0.1, 0.15) is 41.4 Å². The summed E-state index contributed by atoms with van der Waals surface area (Å²) in [5.74, 6) is -1.82. The number of ether oxygens (including phenoxy) is 1. The molecule has 2 amide bonds. The quantitative estimate of drug-likeness (QED) is 0.513. The zero-order valence-corrected chi connectivity index (χ0v) is 18.9. The number of carbonyl (C=O) groups is 3. The lowest BCUT2D eigenvalue weighted by Gasteiger charge is -2.21. The number of nitrogens with zero attached hydrogens (tertiary/aromatic N) is 2. The van der Waals surface area contributed by atoms with Gasteiger partial charge in [-0.05, 0) is 28.2 Å². The Hall–Kier alpha value is -4.14. The second-order valence-corrected chi connectivity index (χ2v) is 8.50. The highest BCUT2D eigenvalue weighted by molar-refractivity contribution is 5.95. The number of amides is 2. The zero-order chi connectivity index (χ0) is 24.2. The number of anilines is 1. The Morgan fingerprint density at radius 2 is 1.71 bits per heavy atom. The first kappa shape index (κ1) is 23.0. The van der Waals surface area contributed by atoms with Crippen LogP contribution in [-0.4, -0.2) is 52.8 Å². The molecule has 0 saturated heterocycles. The molecular formula is C25H25N3O6. The predicted molar refractivity (Wildman–Crippen MR) is 124 cm³/mol. The van der Waals surface area contributed by atoms with E-state index in [1.54, 1.807) is 0 Å². The minimum absolute atomic E-state index is 0.0635. The minimum Gasteiger partial charge on any atom is -0.480 e. The number of carboxylic acids is 1. The summed E-state index contributed by atoms with van der Waals surface area (Å²) in [6.45, 7) is 3.65. The van der Waals surface area contributed by atoms with Gasteiger partial charge in [0.25, 0.3) is 5.91 Å². The summed E-state index contributed by atoms with van der Waals surface area (Å²) in [6.07, 6.45) is -0.749. The van der Waals surface area contributed by atoms with E-state index in [4.69, 9.17) is 14.4 Å². The number of aromatic nitrogens is 1. The Bertz CT molecular complexity index is 1170. The van der Waals surface area contributed by atoms with E-state index in [0.717, 1.165) is 22.3 Å². The lowest BCUT2D eigenvalue weighted by molar-refractivity contribution is -0.137. The van der Waals surface area contributed by atoms with Gasteiger partial charge in [-0.3, -0.25) is 14.9 Å². The van der Waals surface area contributed by atoms with Crippen molar-refractivity contribution in [3.05, 3.63) is 71.4 Å². The van der Waals surface area contributed by atoms with Crippen LogP contribution in [0.3, 0.4) is 0 Å². The van der Waals surface area contributed by atoms with Crippen molar-refractivity contribution in [3.63, 3.8) is 0 Å². The van der Waals surface area contributed by atoms with Crippen molar-refractivity contribution in [2.45, 2.75) is 19.8 Å². The highest BCUT2D eigenvalue weighted by Gasteiger charge is 2.29. The molecule has 1 aliphatic rings. The van der Waals surface area contributed by atoms with E-state index >= 15 is 0 Å². The molecule has 176 valence electrons. The van der Waals surface area contributed by atoms with Crippen molar-refractivity contribution in [1.82, 2.24) is 10.1 Å². The van der Waals surface area contributed by atoms with Gasteiger partial charge in [-0.1, -0.05) is 67.5 Å².